The fraction of sp³-hybridized carbons (Fsp3) is 0.250. The van der Waals surface area contributed by atoms with E-state index in [0.717, 1.165) is 0 Å². The van der Waals surface area contributed by atoms with Crippen LogP contribution in [0.4, 0.5) is 0 Å². The Morgan fingerprint density at radius 3 is 2.94 bits per heavy atom. The van der Waals surface area contributed by atoms with Crippen LogP contribution < -0.4 is 0 Å². The molecule has 0 heterocycles. The third kappa shape index (κ3) is 4.61. The molecule has 0 aliphatic heterocycles. The van der Waals surface area contributed by atoms with Crippen molar-refractivity contribution in [2.75, 3.05) is 5.75 Å². The Balaban J connectivity index is 2.53. The van der Waals surface area contributed by atoms with E-state index in [1.807, 2.05) is 0 Å². The van der Waals surface area contributed by atoms with Gasteiger partial charge in [0.25, 0.3) is 0 Å². The van der Waals surface area contributed by atoms with Gasteiger partial charge in [-0.05, 0) is 18.2 Å². The van der Waals surface area contributed by atoms with Gasteiger partial charge >= 0.3 is 0 Å². The minimum Gasteiger partial charge on any atom is -0.508 e. The Morgan fingerprint density at radius 2 is 2.31 bits per heavy atom. The summed E-state index contributed by atoms with van der Waals surface area (Å²) in [7, 11) is 0. The van der Waals surface area contributed by atoms with Crippen LogP contribution in [0.1, 0.15) is 18.9 Å². The predicted molar refractivity (Wildman–Crippen MR) is 67.8 cm³/mol. The lowest BCUT2D eigenvalue weighted by Crippen LogP contribution is -1.84. The van der Waals surface area contributed by atoms with E-state index in [-0.39, 0.29) is 10.9 Å². The molecule has 0 aliphatic carbocycles. The van der Waals surface area contributed by atoms with Crippen LogP contribution in [0.2, 0.25) is 5.02 Å². The number of halogens is 1. The molecule has 0 aliphatic rings. The molecule has 1 N–H and O–H groups in total. The summed E-state index contributed by atoms with van der Waals surface area (Å²) in [5, 5.41) is 9.67. The van der Waals surface area contributed by atoms with Crippen LogP contribution in [0.15, 0.2) is 18.2 Å². The normalized spacial score (nSPS) is 9.38. The molecule has 0 unspecified atom stereocenters. The van der Waals surface area contributed by atoms with E-state index in [1.54, 1.807) is 12.1 Å². The molecule has 0 fully saturated rings. The summed E-state index contributed by atoms with van der Waals surface area (Å²) >= 11 is 7.13. The Morgan fingerprint density at radius 1 is 1.56 bits per heavy atom. The molecule has 1 rings (SSSR count). The second kappa shape index (κ2) is 6.47. The molecule has 0 bridgehead atoms. The minimum atomic E-state index is 0.101. The smallest absolute Gasteiger partial charge is 0.185 e. The van der Waals surface area contributed by atoms with Crippen molar-refractivity contribution in [1.29, 1.82) is 0 Å². The summed E-state index contributed by atoms with van der Waals surface area (Å²) in [6.07, 6.45) is 0.640. The van der Waals surface area contributed by atoms with Crippen LogP contribution in [0.3, 0.4) is 0 Å². The highest BCUT2D eigenvalue weighted by Crippen LogP contribution is 2.20. The monoisotopic (exact) mass is 254 g/mol. The second-order valence-electron chi connectivity index (χ2n) is 3.06. The maximum absolute atomic E-state index is 10.6. The van der Waals surface area contributed by atoms with Crippen LogP contribution in [-0.2, 0) is 4.79 Å². The Bertz CT molecular complexity index is 446. The zero-order valence-electron chi connectivity index (χ0n) is 8.79. The van der Waals surface area contributed by atoms with E-state index in [2.05, 4.69) is 11.8 Å². The lowest BCUT2D eigenvalue weighted by Gasteiger charge is -1.96. The van der Waals surface area contributed by atoms with Crippen molar-refractivity contribution in [2.45, 2.75) is 13.3 Å². The van der Waals surface area contributed by atoms with Crippen molar-refractivity contribution >= 4 is 28.5 Å². The standard InChI is InChI=1S/C12H11ClO2S/c1-9(14)16-7-3-2-4-10-5-6-11(15)8-12(10)13/h5-6,8,15H,3,7H2,1H3. The first-order valence-electron chi connectivity index (χ1n) is 4.70. The molecule has 0 spiro atoms. The van der Waals surface area contributed by atoms with Gasteiger partial charge in [-0.15, -0.1) is 0 Å². The maximum atomic E-state index is 10.6. The molecule has 1 aromatic carbocycles. The molecule has 0 aromatic heterocycles. The molecule has 0 atom stereocenters. The number of carbonyl (C=O) groups excluding carboxylic acids is 1. The van der Waals surface area contributed by atoms with E-state index in [9.17, 15) is 4.79 Å². The van der Waals surface area contributed by atoms with Crippen molar-refractivity contribution in [2.24, 2.45) is 0 Å². The first-order chi connectivity index (χ1) is 7.59. The van der Waals surface area contributed by atoms with E-state index in [1.165, 1.54) is 24.8 Å². The number of phenols is 1. The lowest BCUT2D eigenvalue weighted by molar-refractivity contribution is -0.109. The number of benzene rings is 1. The number of thioether (sulfide) groups is 1. The summed E-state index contributed by atoms with van der Waals surface area (Å²) in [5.74, 6) is 6.64. The zero-order valence-corrected chi connectivity index (χ0v) is 10.4. The van der Waals surface area contributed by atoms with Gasteiger partial charge in [0.05, 0.1) is 5.02 Å². The molecule has 0 saturated carbocycles. The first-order valence-corrected chi connectivity index (χ1v) is 6.06. The number of carbonyl (C=O) groups is 1. The Hall–Kier alpha value is -1.11. The van der Waals surface area contributed by atoms with Gasteiger partial charge in [0.2, 0.25) is 0 Å². The van der Waals surface area contributed by atoms with Gasteiger partial charge in [-0.3, -0.25) is 4.79 Å². The maximum Gasteiger partial charge on any atom is 0.185 e. The predicted octanol–water partition coefficient (Wildman–Crippen LogP) is 3.07. The number of aromatic hydroxyl groups is 1. The summed E-state index contributed by atoms with van der Waals surface area (Å²) in [5.41, 5.74) is 0.687. The molecular formula is C12H11ClO2S. The highest BCUT2D eigenvalue weighted by molar-refractivity contribution is 8.13. The van der Waals surface area contributed by atoms with Crippen molar-refractivity contribution in [3.8, 4) is 17.6 Å². The van der Waals surface area contributed by atoms with Gasteiger partial charge in [0.1, 0.15) is 5.75 Å². The summed E-state index contributed by atoms with van der Waals surface area (Å²) in [4.78, 5) is 10.6. The van der Waals surface area contributed by atoms with Crippen LogP contribution >= 0.6 is 23.4 Å². The number of phenolic OH excluding ortho intramolecular Hbond substituents is 1. The minimum absolute atomic E-state index is 0.101. The fourth-order valence-electron chi connectivity index (χ4n) is 1.01. The van der Waals surface area contributed by atoms with Crippen LogP contribution in [0, 0.1) is 11.8 Å². The molecule has 0 amide bonds. The largest absolute Gasteiger partial charge is 0.508 e. The molecule has 1 aromatic rings. The summed E-state index contributed by atoms with van der Waals surface area (Å²) in [6.45, 7) is 1.54. The van der Waals surface area contributed by atoms with Crippen molar-refractivity contribution in [1.82, 2.24) is 0 Å². The van der Waals surface area contributed by atoms with Crippen LogP contribution in [-0.4, -0.2) is 16.0 Å². The number of hydrogen-bond acceptors (Lipinski definition) is 3. The molecule has 16 heavy (non-hydrogen) atoms. The van der Waals surface area contributed by atoms with E-state index < -0.39 is 0 Å². The second-order valence-corrected chi connectivity index (χ2v) is 4.74. The third-order valence-electron chi connectivity index (χ3n) is 1.71. The Kier molecular flexibility index (Phi) is 5.24. The third-order valence-corrected chi connectivity index (χ3v) is 2.84. The highest BCUT2D eigenvalue weighted by Gasteiger charge is 1.97. The van der Waals surface area contributed by atoms with E-state index in [0.29, 0.717) is 22.8 Å². The first kappa shape index (κ1) is 13.0. The number of hydrogen-bond donors (Lipinski definition) is 1. The molecule has 0 saturated heterocycles. The number of rotatable bonds is 2. The van der Waals surface area contributed by atoms with Gasteiger partial charge < -0.3 is 5.11 Å². The Labute approximate surface area is 104 Å². The molecule has 2 nitrogen and oxygen atoms in total. The molecule has 0 radical (unpaired) electrons. The van der Waals surface area contributed by atoms with Gasteiger partial charge in [-0.25, -0.2) is 0 Å². The average molecular weight is 255 g/mol. The average Bonchev–Trinajstić information content (AvgIpc) is 2.20. The van der Waals surface area contributed by atoms with Crippen molar-refractivity contribution in [3.63, 3.8) is 0 Å². The van der Waals surface area contributed by atoms with Crippen molar-refractivity contribution < 1.29 is 9.90 Å². The van der Waals surface area contributed by atoms with Gasteiger partial charge in [0, 0.05) is 24.7 Å². The van der Waals surface area contributed by atoms with E-state index in [4.69, 9.17) is 16.7 Å². The van der Waals surface area contributed by atoms with Gasteiger partial charge in [-0.2, -0.15) is 0 Å². The molecule has 4 heteroatoms. The molecular weight excluding hydrogens is 244 g/mol. The molecule has 84 valence electrons. The van der Waals surface area contributed by atoms with Crippen LogP contribution in [0.25, 0.3) is 0 Å². The van der Waals surface area contributed by atoms with E-state index >= 15 is 0 Å². The quantitative estimate of drug-likeness (QED) is 0.651. The highest BCUT2D eigenvalue weighted by atomic mass is 35.5. The zero-order chi connectivity index (χ0) is 12.0. The van der Waals surface area contributed by atoms with Crippen LogP contribution in [0.5, 0.6) is 5.75 Å². The fourth-order valence-corrected chi connectivity index (χ4v) is 1.72. The summed E-state index contributed by atoms with van der Waals surface area (Å²) < 4.78 is 0. The van der Waals surface area contributed by atoms with Gasteiger partial charge in [0.15, 0.2) is 5.12 Å². The SMILES string of the molecule is CC(=O)SCCC#Cc1ccc(O)cc1Cl. The lowest BCUT2D eigenvalue weighted by atomic mass is 10.2. The topological polar surface area (TPSA) is 37.3 Å². The van der Waals surface area contributed by atoms with Crippen molar-refractivity contribution in [3.05, 3.63) is 28.8 Å². The summed E-state index contributed by atoms with van der Waals surface area (Å²) in [6, 6.07) is 4.67. The van der Waals surface area contributed by atoms with Gasteiger partial charge in [-0.1, -0.05) is 35.2 Å².